The van der Waals surface area contributed by atoms with Crippen LogP contribution >= 0.6 is 0 Å². The summed E-state index contributed by atoms with van der Waals surface area (Å²) in [6, 6.07) is 0. The molecule has 1 aliphatic rings. The molecule has 12 heavy (non-hydrogen) atoms. The van der Waals surface area contributed by atoms with E-state index in [0.29, 0.717) is 5.92 Å². The number of aryl methyl sites for hydroxylation is 1. The van der Waals surface area contributed by atoms with Crippen LogP contribution in [0.3, 0.4) is 0 Å². The summed E-state index contributed by atoms with van der Waals surface area (Å²) in [5.74, 6) is -0.610. The Kier molecular flexibility index (Phi) is 1.39. The quantitative estimate of drug-likeness (QED) is 0.691. The number of nitrogens with zero attached hydrogens (tertiary/aromatic N) is 3. The van der Waals surface area contributed by atoms with Crippen LogP contribution < -0.4 is 0 Å². The van der Waals surface area contributed by atoms with Gasteiger partial charge in [0.2, 0.25) is 0 Å². The van der Waals surface area contributed by atoms with Crippen LogP contribution in [-0.2, 0) is 7.05 Å². The van der Waals surface area contributed by atoms with Gasteiger partial charge in [-0.25, -0.2) is 4.79 Å². The summed E-state index contributed by atoms with van der Waals surface area (Å²) in [7, 11) is 1.73. The predicted molar refractivity (Wildman–Crippen MR) is 39.9 cm³/mol. The zero-order valence-electron chi connectivity index (χ0n) is 6.69. The fourth-order valence-electron chi connectivity index (χ4n) is 1.33. The summed E-state index contributed by atoms with van der Waals surface area (Å²) in [5.41, 5.74) is 0.877. The average Bonchev–Trinajstić information content (AvgIpc) is 2.75. The van der Waals surface area contributed by atoms with Crippen LogP contribution in [-0.4, -0.2) is 26.1 Å². The second-order valence-corrected chi connectivity index (χ2v) is 3.03. The molecule has 1 aromatic heterocycles. The lowest BCUT2D eigenvalue weighted by Crippen LogP contribution is -2.03. The van der Waals surface area contributed by atoms with Crippen LogP contribution in [0.15, 0.2) is 0 Å². The van der Waals surface area contributed by atoms with Crippen molar-refractivity contribution in [2.24, 2.45) is 7.05 Å². The number of carbonyl (C=O) groups is 1. The Morgan fingerprint density at radius 3 is 2.83 bits per heavy atom. The first-order valence-corrected chi connectivity index (χ1v) is 3.83. The second-order valence-electron chi connectivity index (χ2n) is 3.03. The van der Waals surface area contributed by atoms with Crippen molar-refractivity contribution < 1.29 is 9.90 Å². The van der Waals surface area contributed by atoms with Gasteiger partial charge in [-0.05, 0) is 12.8 Å². The summed E-state index contributed by atoms with van der Waals surface area (Å²) in [4.78, 5) is 10.7. The third-order valence-corrected chi connectivity index (χ3v) is 2.04. The number of hydrogen-bond donors (Lipinski definition) is 1. The Morgan fingerprint density at radius 2 is 2.33 bits per heavy atom. The molecule has 2 rings (SSSR count). The van der Waals surface area contributed by atoms with Gasteiger partial charge >= 0.3 is 5.97 Å². The van der Waals surface area contributed by atoms with Gasteiger partial charge in [0.05, 0.1) is 5.69 Å². The number of hydrogen-bond acceptors (Lipinski definition) is 3. The average molecular weight is 167 g/mol. The van der Waals surface area contributed by atoms with Crippen LogP contribution in [0, 0.1) is 0 Å². The maximum absolute atomic E-state index is 10.7. The largest absolute Gasteiger partial charge is 0.476 e. The third-order valence-electron chi connectivity index (χ3n) is 2.04. The molecule has 0 bridgehead atoms. The summed E-state index contributed by atoms with van der Waals surface area (Å²) < 4.78 is 1.56. The first-order chi connectivity index (χ1) is 5.70. The van der Waals surface area contributed by atoms with Gasteiger partial charge < -0.3 is 5.11 Å². The van der Waals surface area contributed by atoms with E-state index in [4.69, 9.17) is 5.11 Å². The molecule has 0 unspecified atom stereocenters. The molecule has 0 aromatic carbocycles. The molecule has 1 heterocycles. The number of carboxylic acids is 1. The van der Waals surface area contributed by atoms with Crippen molar-refractivity contribution >= 4 is 5.97 Å². The fraction of sp³-hybridized carbons (Fsp3) is 0.571. The SMILES string of the molecule is Cn1nnc(C(=O)O)c1C1CC1. The van der Waals surface area contributed by atoms with E-state index in [9.17, 15) is 4.79 Å². The van der Waals surface area contributed by atoms with Gasteiger partial charge in [0.15, 0.2) is 5.69 Å². The Morgan fingerprint density at radius 1 is 1.67 bits per heavy atom. The molecule has 0 radical (unpaired) electrons. The molecule has 1 aliphatic carbocycles. The van der Waals surface area contributed by atoms with E-state index in [1.54, 1.807) is 11.7 Å². The molecule has 0 spiro atoms. The van der Waals surface area contributed by atoms with Gasteiger partial charge in [-0.1, -0.05) is 5.21 Å². The highest BCUT2D eigenvalue weighted by atomic mass is 16.4. The minimum Gasteiger partial charge on any atom is -0.476 e. The van der Waals surface area contributed by atoms with Gasteiger partial charge in [0.1, 0.15) is 0 Å². The van der Waals surface area contributed by atoms with Crippen molar-refractivity contribution in [3.05, 3.63) is 11.4 Å². The van der Waals surface area contributed by atoms with Gasteiger partial charge in [-0.2, -0.15) is 0 Å². The first kappa shape index (κ1) is 7.27. The zero-order valence-corrected chi connectivity index (χ0v) is 6.69. The van der Waals surface area contributed by atoms with Gasteiger partial charge in [0, 0.05) is 13.0 Å². The first-order valence-electron chi connectivity index (χ1n) is 3.83. The number of aromatic carboxylic acids is 1. The highest BCUT2D eigenvalue weighted by Gasteiger charge is 2.32. The van der Waals surface area contributed by atoms with Crippen molar-refractivity contribution in [2.45, 2.75) is 18.8 Å². The maximum Gasteiger partial charge on any atom is 0.358 e. The van der Waals surface area contributed by atoms with Crippen LogP contribution in [0.25, 0.3) is 0 Å². The van der Waals surface area contributed by atoms with E-state index >= 15 is 0 Å². The molecule has 5 nitrogen and oxygen atoms in total. The van der Waals surface area contributed by atoms with E-state index in [2.05, 4.69) is 10.3 Å². The lowest BCUT2D eigenvalue weighted by molar-refractivity contribution is 0.0689. The second kappa shape index (κ2) is 2.30. The van der Waals surface area contributed by atoms with Crippen molar-refractivity contribution in [3.63, 3.8) is 0 Å². The smallest absolute Gasteiger partial charge is 0.358 e. The van der Waals surface area contributed by atoms with Gasteiger partial charge in [-0.3, -0.25) is 4.68 Å². The minimum atomic E-state index is -0.981. The molecule has 1 N–H and O–H groups in total. The molecule has 5 heteroatoms. The summed E-state index contributed by atoms with van der Waals surface area (Å²) >= 11 is 0. The van der Waals surface area contributed by atoms with E-state index < -0.39 is 5.97 Å². The summed E-state index contributed by atoms with van der Waals surface area (Å²) in [6.07, 6.45) is 2.11. The molecule has 0 saturated heterocycles. The highest BCUT2D eigenvalue weighted by molar-refractivity contribution is 5.86. The minimum absolute atomic E-state index is 0.111. The van der Waals surface area contributed by atoms with Gasteiger partial charge in [-0.15, -0.1) is 5.10 Å². The van der Waals surface area contributed by atoms with Crippen LogP contribution in [0.5, 0.6) is 0 Å². The zero-order chi connectivity index (χ0) is 8.72. The Labute approximate surface area is 69.0 Å². The number of carboxylic acid groups (broad SMARTS) is 1. The van der Waals surface area contributed by atoms with Crippen LogP contribution in [0.1, 0.15) is 34.9 Å². The third kappa shape index (κ3) is 0.975. The highest BCUT2D eigenvalue weighted by Crippen LogP contribution is 2.40. The van der Waals surface area contributed by atoms with E-state index in [0.717, 1.165) is 18.5 Å². The molecule has 1 saturated carbocycles. The molecule has 0 amide bonds. The lowest BCUT2D eigenvalue weighted by Gasteiger charge is -1.96. The molecule has 0 atom stereocenters. The fourth-order valence-corrected chi connectivity index (χ4v) is 1.33. The Hall–Kier alpha value is -1.39. The molecular formula is C7H9N3O2. The van der Waals surface area contributed by atoms with Crippen molar-refractivity contribution in [2.75, 3.05) is 0 Å². The van der Waals surface area contributed by atoms with E-state index in [1.807, 2.05) is 0 Å². The molecule has 1 fully saturated rings. The van der Waals surface area contributed by atoms with Crippen LogP contribution in [0.4, 0.5) is 0 Å². The van der Waals surface area contributed by atoms with Crippen molar-refractivity contribution in [1.82, 2.24) is 15.0 Å². The van der Waals surface area contributed by atoms with Gasteiger partial charge in [0.25, 0.3) is 0 Å². The molecular weight excluding hydrogens is 158 g/mol. The predicted octanol–water partition coefficient (Wildman–Crippen LogP) is 0.391. The monoisotopic (exact) mass is 167 g/mol. The standard InChI is InChI=1S/C7H9N3O2/c1-10-6(4-2-3-4)5(7(11)12)8-9-10/h4H,2-3H2,1H3,(H,11,12). The lowest BCUT2D eigenvalue weighted by atomic mass is 10.2. The topological polar surface area (TPSA) is 68.0 Å². The summed E-state index contributed by atoms with van der Waals surface area (Å²) in [5, 5.41) is 16.0. The maximum atomic E-state index is 10.7. The molecule has 0 aliphatic heterocycles. The number of aromatic nitrogens is 3. The molecule has 64 valence electrons. The van der Waals surface area contributed by atoms with Crippen molar-refractivity contribution in [1.29, 1.82) is 0 Å². The Bertz CT molecular complexity index is 327. The van der Waals surface area contributed by atoms with Crippen molar-refractivity contribution in [3.8, 4) is 0 Å². The molecule has 1 aromatic rings. The van der Waals surface area contributed by atoms with E-state index in [1.165, 1.54) is 0 Å². The summed E-state index contributed by atoms with van der Waals surface area (Å²) in [6.45, 7) is 0. The van der Waals surface area contributed by atoms with Crippen LogP contribution in [0.2, 0.25) is 0 Å². The normalized spacial score (nSPS) is 16.4. The van der Waals surface area contributed by atoms with E-state index in [-0.39, 0.29) is 5.69 Å². The Balaban J connectivity index is 2.46. The number of rotatable bonds is 2.